The standard InChI is InChI=1S/C12H19N.2C2H6/c1-10(2)8-12(4)9-11(3)6-5-7-13;2*1-2/h8-10H,5-6H2,1-4H3;2*1-2H3/b11-9+,12-8-;;. The van der Waals surface area contributed by atoms with Crippen LogP contribution in [0.5, 0.6) is 0 Å². The first-order valence-corrected chi connectivity index (χ1v) is 6.78. The van der Waals surface area contributed by atoms with Crippen molar-refractivity contribution in [1.82, 2.24) is 0 Å². The SMILES string of the molecule is CC.CC.CC(=C/C(C)C)/C=C(\C)CCC#N. The number of nitrogens with zero attached hydrogens (tertiary/aromatic N) is 1. The molecule has 0 bridgehead atoms. The number of hydrogen-bond donors (Lipinski definition) is 0. The van der Waals surface area contributed by atoms with Crippen LogP contribution < -0.4 is 0 Å². The largest absolute Gasteiger partial charge is 0.198 e. The van der Waals surface area contributed by atoms with E-state index in [9.17, 15) is 0 Å². The van der Waals surface area contributed by atoms with Crippen LogP contribution in [0.3, 0.4) is 0 Å². The molecule has 0 amide bonds. The summed E-state index contributed by atoms with van der Waals surface area (Å²) in [5, 5.41) is 8.40. The molecule has 0 spiro atoms. The van der Waals surface area contributed by atoms with Gasteiger partial charge < -0.3 is 0 Å². The van der Waals surface area contributed by atoms with E-state index in [1.165, 1.54) is 11.1 Å². The van der Waals surface area contributed by atoms with E-state index < -0.39 is 0 Å². The van der Waals surface area contributed by atoms with Gasteiger partial charge in [0, 0.05) is 6.42 Å². The van der Waals surface area contributed by atoms with Crippen molar-refractivity contribution in [3.8, 4) is 6.07 Å². The fourth-order valence-corrected chi connectivity index (χ4v) is 1.29. The van der Waals surface area contributed by atoms with E-state index in [4.69, 9.17) is 5.26 Å². The van der Waals surface area contributed by atoms with Gasteiger partial charge in [0.25, 0.3) is 0 Å². The summed E-state index contributed by atoms with van der Waals surface area (Å²) in [5.74, 6) is 0.597. The average molecular weight is 237 g/mol. The lowest BCUT2D eigenvalue weighted by molar-refractivity contribution is 0.824. The smallest absolute Gasteiger partial charge is 0.0625 e. The van der Waals surface area contributed by atoms with Gasteiger partial charge in [0.15, 0.2) is 0 Å². The van der Waals surface area contributed by atoms with E-state index in [1.807, 2.05) is 27.7 Å². The molecule has 0 N–H and O–H groups in total. The molecule has 17 heavy (non-hydrogen) atoms. The Morgan fingerprint density at radius 3 is 1.94 bits per heavy atom. The third-order valence-corrected chi connectivity index (χ3v) is 1.70. The van der Waals surface area contributed by atoms with Crippen molar-refractivity contribution in [2.75, 3.05) is 0 Å². The Morgan fingerprint density at radius 1 is 1.12 bits per heavy atom. The number of hydrogen-bond acceptors (Lipinski definition) is 1. The lowest BCUT2D eigenvalue weighted by atomic mass is 10.1. The zero-order chi connectivity index (χ0) is 14.3. The second-order valence-corrected chi connectivity index (χ2v) is 3.80. The van der Waals surface area contributed by atoms with Gasteiger partial charge in [-0.3, -0.25) is 0 Å². The first-order chi connectivity index (χ1) is 8.06. The zero-order valence-corrected chi connectivity index (χ0v) is 13.1. The van der Waals surface area contributed by atoms with Gasteiger partial charge in [-0.15, -0.1) is 0 Å². The molecule has 0 aliphatic rings. The van der Waals surface area contributed by atoms with Crippen molar-refractivity contribution in [2.24, 2.45) is 5.92 Å². The maximum absolute atomic E-state index is 8.40. The summed E-state index contributed by atoms with van der Waals surface area (Å²) in [5.41, 5.74) is 2.58. The average Bonchev–Trinajstić information content (AvgIpc) is 2.30. The van der Waals surface area contributed by atoms with Crippen molar-refractivity contribution in [1.29, 1.82) is 5.26 Å². The van der Waals surface area contributed by atoms with Gasteiger partial charge in [-0.25, -0.2) is 0 Å². The minimum atomic E-state index is 0.597. The fourth-order valence-electron chi connectivity index (χ4n) is 1.29. The third-order valence-electron chi connectivity index (χ3n) is 1.70. The summed E-state index contributed by atoms with van der Waals surface area (Å²) in [4.78, 5) is 0. The molecule has 0 heterocycles. The molecule has 0 aromatic heterocycles. The predicted molar refractivity (Wildman–Crippen MR) is 79.9 cm³/mol. The van der Waals surface area contributed by atoms with Crippen molar-refractivity contribution < 1.29 is 0 Å². The molecule has 0 aliphatic heterocycles. The quantitative estimate of drug-likeness (QED) is 0.559. The van der Waals surface area contributed by atoms with Crippen LogP contribution in [0.25, 0.3) is 0 Å². The molecule has 0 aromatic carbocycles. The van der Waals surface area contributed by atoms with Crippen LogP contribution in [-0.2, 0) is 0 Å². The molecule has 1 heteroatoms. The Morgan fingerprint density at radius 2 is 1.59 bits per heavy atom. The van der Waals surface area contributed by atoms with Gasteiger partial charge in [0.1, 0.15) is 0 Å². The highest BCUT2D eigenvalue weighted by Gasteiger charge is 1.92. The molecule has 0 rings (SSSR count). The van der Waals surface area contributed by atoms with E-state index in [0.29, 0.717) is 12.3 Å². The van der Waals surface area contributed by atoms with Crippen molar-refractivity contribution in [3.05, 3.63) is 23.3 Å². The normalized spacial score (nSPS) is 10.8. The molecule has 0 aliphatic carbocycles. The van der Waals surface area contributed by atoms with Crippen LogP contribution in [0.1, 0.15) is 68.2 Å². The summed E-state index contributed by atoms with van der Waals surface area (Å²) >= 11 is 0. The van der Waals surface area contributed by atoms with Crippen LogP contribution in [-0.4, -0.2) is 0 Å². The molecule has 0 fully saturated rings. The highest BCUT2D eigenvalue weighted by molar-refractivity contribution is 5.21. The van der Waals surface area contributed by atoms with Crippen LogP contribution in [0.2, 0.25) is 0 Å². The molecule has 0 aromatic rings. The molecule has 100 valence electrons. The first kappa shape index (κ1) is 21.3. The Balaban J connectivity index is -0.000000439. The Kier molecular flexibility index (Phi) is 21.7. The first-order valence-electron chi connectivity index (χ1n) is 6.78. The highest BCUT2D eigenvalue weighted by atomic mass is 14.2. The second-order valence-electron chi connectivity index (χ2n) is 3.80. The summed E-state index contributed by atoms with van der Waals surface area (Å²) < 4.78 is 0. The van der Waals surface area contributed by atoms with E-state index in [0.717, 1.165) is 6.42 Å². The maximum atomic E-state index is 8.40. The van der Waals surface area contributed by atoms with Crippen LogP contribution >= 0.6 is 0 Å². The van der Waals surface area contributed by atoms with E-state index in [2.05, 4.69) is 45.9 Å². The molecule has 0 unspecified atom stereocenters. The monoisotopic (exact) mass is 237 g/mol. The summed E-state index contributed by atoms with van der Waals surface area (Å²) in [6.45, 7) is 16.5. The topological polar surface area (TPSA) is 23.8 Å². The van der Waals surface area contributed by atoms with Crippen molar-refractivity contribution >= 4 is 0 Å². The summed E-state index contributed by atoms with van der Waals surface area (Å²) in [6, 6.07) is 2.15. The maximum Gasteiger partial charge on any atom is 0.0625 e. The van der Waals surface area contributed by atoms with Gasteiger partial charge in [0.05, 0.1) is 6.07 Å². The molecular weight excluding hydrogens is 206 g/mol. The number of nitriles is 1. The molecule has 0 saturated heterocycles. The molecule has 0 radical (unpaired) electrons. The van der Waals surface area contributed by atoms with Crippen LogP contribution in [0.4, 0.5) is 0 Å². The van der Waals surface area contributed by atoms with E-state index >= 15 is 0 Å². The van der Waals surface area contributed by atoms with Gasteiger partial charge in [-0.05, 0) is 26.2 Å². The Hall–Kier alpha value is -1.03. The van der Waals surface area contributed by atoms with Crippen LogP contribution in [0, 0.1) is 17.2 Å². The molecular formula is C16H31N. The van der Waals surface area contributed by atoms with Gasteiger partial charge in [-0.1, -0.05) is 64.8 Å². The predicted octanol–water partition coefficient (Wildman–Crippen LogP) is 5.89. The summed E-state index contributed by atoms with van der Waals surface area (Å²) in [6.07, 6.45) is 5.91. The zero-order valence-electron chi connectivity index (χ0n) is 13.1. The van der Waals surface area contributed by atoms with Crippen molar-refractivity contribution in [2.45, 2.75) is 68.2 Å². The Bertz CT molecular complexity index is 239. The minimum Gasteiger partial charge on any atom is -0.198 e. The lowest BCUT2D eigenvalue weighted by Crippen LogP contribution is -1.83. The third kappa shape index (κ3) is 20.9. The minimum absolute atomic E-state index is 0.597. The van der Waals surface area contributed by atoms with Crippen LogP contribution in [0.15, 0.2) is 23.3 Å². The fraction of sp³-hybridized carbons (Fsp3) is 0.688. The highest BCUT2D eigenvalue weighted by Crippen LogP contribution is 2.09. The van der Waals surface area contributed by atoms with Gasteiger partial charge in [0.2, 0.25) is 0 Å². The van der Waals surface area contributed by atoms with Gasteiger partial charge in [-0.2, -0.15) is 5.26 Å². The van der Waals surface area contributed by atoms with E-state index in [1.54, 1.807) is 0 Å². The molecule has 0 atom stereocenters. The molecule has 0 saturated carbocycles. The number of rotatable bonds is 4. The van der Waals surface area contributed by atoms with Gasteiger partial charge >= 0.3 is 0 Å². The summed E-state index contributed by atoms with van der Waals surface area (Å²) in [7, 11) is 0. The van der Waals surface area contributed by atoms with Crippen molar-refractivity contribution in [3.63, 3.8) is 0 Å². The van der Waals surface area contributed by atoms with E-state index in [-0.39, 0.29) is 0 Å². The Labute approximate surface area is 109 Å². The molecule has 1 nitrogen and oxygen atoms in total. The lowest BCUT2D eigenvalue weighted by Gasteiger charge is -2.00. The number of allylic oxidation sites excluding steroid dienone is 4. The second kappa shape index (κ2) is 17.4.